The molecule has 21 heavy (non-hydrogen) atoms. The van der Waals surface area contributed by atoms with Crippen molar-refractivity contribution in [3.8, 4) is 0 Å². The van der Waals surface area contributed by atoms with Crippen LogP contribution in [0.2, 0.25) is 0 Å². The van der Waals surface area contributed by atoms with Crippen LogP contribution in [0.1, 0.15) is 44.2 Å². The molecular formula is C16H26N4S. The van der Waals surface area contributed by atoms with Gasteiger partial charge in [0.15, 0.2) is 5.13 Å². The molecule has 2 saturated carbocycles. The fourth-order valence-corrected chi connectivity index (χ4v) is 4.49. The zero-order valence-electron chi connectivity index (χ0n) is 12.8. The van der Waals surface area contributed by atoms with Gasteiger partial charge in [-0.3, -0.25) is 4.90 Å². The van der Waals surface area contributed by atoms with Gasteiger partial charge in [-0.2, -0.15) is 0 Å². The highest BCUT2D eigenvalue weighted by atomic mass is 32.1. The van der Waals surface area contributed by atoms with Crippen LogP contribution in [0, 0.1) is 0 Å². The summed E-state index contributed by atoms with van der Waals surface area (Å²) < 4.78 is 0. The summed E-state index contributed by atoms with van der Waals surface area (Å²) in [6.45, 7) is 5.70. The molecule has 4 rings (SSSR count). The zero-order valence-corrected chi connectivity index (χ0v) is 13.6. The summed E-state index contributed by atoms with van der Waals surface area (Å²) in [5.74, 6) is 0. The number of rotatable bonds is 5. The third kappa shape index (κ3) is 3.41. The van der Waals surface area contributed by atoms with Gasteiger partial charge in [0.2, 0.25) is 0 Å². The van der Waals surface area contributed by atoms with Crippen LogP contribution in [-0.2, 0) is 6.54 Å². The summed E-state index contributed by atoms with van der Waals surface area (Å²) in [5.41, 5.74) is 1.22. The molecule has 0 radical (unpaired) electrons. The highest BCUT2D eigenvalue weighted by Crippen LogP contribution is 2.27. The van der Waals surface area contributed by atoms with Crippen LogP contribution in [-0.4, -0.2) is 48.1 Å². The summed E-state index contributed by atoms with van der Waals surface area (Å²) in [4.78, 5) is 10.0. The maximum absolute atomic E-state index is 4.82. The molecule has 0 amide bonds. The molecule has 0 aromatic carbocycles. The predicted octanol–water partition coefficient (Wildman–Crippen LogP) is 2.46. The molecule has 116 valence electrons. The third-order valence-corrected chi connectivity index (χ3v) is 6.06. The second kappa shape index (κ2) is 6.23. The number of piperazine rings is 1. The lowest BCUT2D eigenvalue weighted by atomic mass is 10.2. The number of nitrogens with one attached hydrogen (secondary N) is 1. The van der Waals surface area contributed by atoms with E-state index in [0.717, 1.165) is 31.7 Å². The smallest absolute Gasteiger partial charge is 0.185 e. The summed E-state index contributed by atoms with van der Waals surface area (Å²) >= 11 is 1.82. The summed E-state index contributed by atoms with van der Waals surface area (Å²) in [5, 5.41) is 7.01. The number of thiazole rings is 1. The van der Waals surface area contributed by atoms with Crippen LogP contribution in [0.25, 0.3) is 0 Å². The SMILES string of the molecule is c1sc(N2CCN(C3CCCC3)CC2)nc1CNC1CC1. The highest BCUT2D eigenvalue weighted by Gasteiger charge is 2.27. The van der Waals surface area contributed by atoms with Crippen LogP contribution in [0.15, 0.2) is 5.38 Å². The minimum absolute atomic E-state index is 0.769. The summed E-state index contributed by atoms with van der Waals surface area (Å²) in [6, 6.07) is 1.65. The van der Waals surface area contributed by atoms with Crippen molar-refractivity contribution in [1.82, 2.24) is 15.2 Å². The largest absolute Gasteiger partial charge is 0.346 e. The van der Waals surface area contributed by atoms with Gasteiger partial charge < -0.3 is 10.2 Å². The number of hydrogen-bond donors (Lipinski definition) is 1. The van der Waals surface area contributed by atoms with Crippen LogP contribution < -0.4 is 10.2 Å². The van der Waals surface area contributed by atoms with E-state index < -0.39 is 0 Å². The molecule has 1 saturated heterocycles. The van der Waals surface area contributed by atoms with Gasteiger partial charge in [-0.25, -0.2) is 4.98 Å². The minimum atomic E-state index is 0.769. The molecule has 4 nitrogen and oxygen atoms in total. The van der Waals surface area contributed by atoms with Gasteiger partial charge in [0.05, 0.1) is 5.69 Å². The van der Waals surface area contributed by atoms with E-state index in [1.165, 1.54) is 62.4 Å². The Bertz CT molecular complexity index is 457. The van der Waals surface area contributed by atoms with Crippen molar-refractivity contribution in [3.05, 3.63) is 11.1 Å². The van der Waals surface area contributed by atoms with E-state index in [9.17, 15) is 0 Å². The molecule has 0 atom stereocenters. The second-order valence-corrected chi connectivity index (χ2v) is 7.57. The Morgan fingerprint density at radius 2 is 1.86 bits per heavy atom. The maximum Gasteiger partial charge on any atom is 0.185 e. The van der Waals surface area contributed by atoms with Crippen molar-refractivity contribution in [2.45, 2.75) is 57.2 Å². The number of nitrogens with zero attached hydrogens (tertiary/aromatic N) is 3. The zero-order chi connectivity index (χ0) is 14.1. The van der Waals surface area contributed by atoms with Crippen molar-refractivity contribution >= 4 is 16.5 Å². The van der Waals surface area contributed by atoms with Crippen LogP contribution in [0.5, 0.6) is 0 Å². The second-order valence-electron chi connectivity index (χ2n) is 6.74. The lowest BCUT2D eigenvalue weighted by Gasteiger charge is -2.37. The number of anilines is 1. The topological polar surface area (TPSA) is 31.4 Å². The Morgan fingerprint density at radius 3 is 2.57 bits per heavy atom. The average molecular weight is 306 g/mol. The van der Waals surface area contributed by atoms with Gasteiger partial charge in [-0.15, -0.1) is 11.3 Å². The molecule has 0 bridgehead atoms. The normalized spacial score (nSPS) is 24.9. The first-order valence-electron chi connectivity index (χ1n) is 8.55. The minimum Gasteiger partial charge on any atom is -0.346 e. The van der Waals surface area contributed by atoms with E-state index in [0.29, 0.717) is 0 Å². The molecule has 5 heteroatoms. The van der Waals surface area contributed by atoms with Crippen molar-refractivity contribution in [2.24, 2.45) is 0 Å². The fourth-order valence-electron chi connectivity index (χ4n) is 3.61. The summed E-state index contributed by atoms with van der Waals surface area (Å²) in [6.07, 6.45) is 8.42. The Hall–Kier alpha value is -0.650. The van der Waals surface area contributed by atoms with E-state index in [1.807, 2.05) is 11.3 Å². The molecule has 1 N–H and O–H groups in total. The van der Waals surface area contributed by atoms with Gasteiger partial charge in [0.25, 0.3) is 0 Å². The van der Waals surface area contributed by atoms with E-state index >= 15 is 0 Å². The van der Waals surface area contributed by atoms with Crippen molar-refractivity contribution < 1.29 is 0 Å². The lowest BCUT2D eigenvalue weighted by Crippen LogP contribution is -2.49. The van der Waals surface area contributed by atoms with Gasteiger partial charge in [0, 0.05) is 50.2 Å². The molecule has 0 unspecified atom stereocenters. The first kappa shape index (κ1) is 14.0. The molecule has 2 aliphatic carbocycles. The Kier molecular flexibility index (Phi) is 4.14. The van der Waals surface area contributed by atoms with Gasteiger partial charge >= 0.3 is 0 Å². The molecule has 0 spiro atoms. The quantitative estimate of drug-likeness (QED) is 0.905. The molecule has 2 heterocycles. The van der Waals surface area contributed by atoms with Gasteiger partial charge in [-0.05, 0) is 25.7 Å². The first-order chi connectivity index (χ1) is 10.4. The van der Waals surface area contributed by atoms with E-state index in [1.54, 1.807) is 0 Å². The molecule has 3 fully saturated rings. The monoisotopic (exact) mass is 306 g/mol. The molecule has 1 aromatic heterocycles. The average Bonchev–Trinajstić information content (AvgIpc) is 3.03. The van der Waals surface area contributed by atoms with Crippen molar-refractivity contribution in [1.29, 1.82) is 0 Å². The van der Waals surface area contributed by atoms with E-state index in [-0.39, 0.29) is 0 Å². The molecule has 3 aliphatic rings. The molecular weight excluding hydrogens is 280 g/mol. The van der Waals surface area contributed by atoms with E-state index in [4.69, 9.17) is 4.98 Å². The van der Waals surface area contributed by atoms with Crippen LogP contribution in [0.4, 0.5) is 5.13 Å². The molecule has 1 aromatic rings. The first-order valence-corrected chi connectivity index (χ1v) is 9.43. The fraction of sp³-hybridized carbons (Fsp3) is 0.812. The standard InChI is InChI=1S/C16H26N4S/c1-2-4-15(3-1)19-7-9-20(10-8-19)16-18-14(12-21-16)11-17-13-5-6-13/h12-13,15,17H,1-11H2. The Morgan fingerprint density at radius 1 is 1.10 bits per heavy atom. The summed E-state index contributed by atoms with van der Waals surface area (Å²) in [7, 11) is 0. The van der Waals surface area contributed by atoms with Crippen molar-refractivity contribution in [3.63, 3.8) is 0 Å². The van der Waals surface area contributed by atoms with Gasteiger partial charge in [-0.1, -0.05) is 12.8 Å². The number of aromatic nitrogens is 1. The highest BCUT2D eigenvalue weighted by molar-refractivity contribution is 7.13. The Labute approximate surface area is 131 Å². The lowest BCUT2D eigenvalue weighted by molar-refractivity contribution is 0.187. The Balaban J connectivity index is 1.28. The molecule has 1 aliphatic heterocycles. The van der Waals surface area contributed by atoms with Crippen LogP contribution >= 0.6 is 11.3 Å². The number of hydrogen-bond acceptors (Lipinski definition) is 5. The van der Waals surface area contributed by atoms with Gasteiger partial charge in [0.1, 0.15) is 0 Å². The van der Waals surface area contributed by atoms with E-state index in [2.05, 4.69) is 20.5 Å². The maximum atomic E-state index is 4.82. The van der Waals surface area contributed by atoms with Crippen LogP contribution in [0.3, 0.4) is 0 Å². The predicted molar refractivity (Wildman–Crippen MR) is 88.0 cm³/mol. The van der Waals surface area contributed by atoms with Crippen molar-refractivity contribution in [2.75, 3.05) is 31.1 Å². The third-order valence-electron chi connectivity index (χ3n) is 5.11.